The zero-order valence-electron chi connectivity index (χ0n) is 18.0. The van der Waals surface area contributed by atoms with Crippen LogP contribution in [0.25, 0.3) is 0 Å². The molecule has 3 rings (SSSR count). The van der Waals surface area contributed by atoms with Gasteiger partial charge in [0.05, 0.1) is 17.3 Å². The zero-order chi connectivity index (χ0) is 23.3. The Kier molecular flexibility index (Phi) is 6.99. The van der Waals surface area contributed by atoms with Gasteiger partial charge < -0.3 is 15.7 Å². The van der Waals surface area contributed by atoms with E-state index in [0.717, 1.165) is 0 Å². The lowest BCUT2D eigenvalue weighted by atomic mass is 10.0. The van der Waals surface area contributed by atoms with Gasteiger partial charge in [-0.25, -0.2) is 23.5 Å². The Morgan fingerprint density at radius 2 is 1.66 bits per heavy atom. The van der Waals surface area contributed by atoms with Gasteiger partial charge in [0.1, 0.15) is 17.5 Å². The van der Waals surface area contributed by atoms with Gasteiger partial charge in [0.15, 0.2) is 0 Å². The fourth-order valence-electron chi connectivity index (χ4n) is 2.72. The van der Waals surface area contributed by atoms with Crippen LogP contribution in [0.3, 0.4) is 0 Å². The summed E-state index contributed by atoms with van der Waals surface area (Å²) in [4.78, 5) is 22.9. The van der Waals surface area contributed by atoms with Gasteiger partial charge in [-0.15, -0.1) is 0 Å². The fraction of sp³-hybridized carbons (Fsp3) is 0.261. The van der Waals surface area contributed by atoms with Gasteiger partial charge in [-0.3, -0.25) is 0 Å². The van der Waals surface area contributed by atoms with Crippen LogP contribution in [0.4, 0.5) is 31.0 Å². The van der Waals surface area contributed by atoms with Crippen molar-refractivity contribution in [1.29, 1.82) is 0 Å². The standard InChI is InChI=1S/C23H25F2N5O2/c1-15(23(2,3)32)28-21-26-13-12-20(29-21)30(19-10-8-18(25)9-11-19)22(31)27-14-16-4-6-17(24)7-5-16/h4-13,15,32H,14H2,1-3H3,(H,27,31)(H,26,28,29). The third kappa shape index (κ3) is 5.98. The molecule has 0 radical (unpaired) electrons. The summed E-state index contributed by atoms with van der Waals surface area (Å²) in [5.74, 6) is -0.344. The number of carbonyl (C=O) groups excluding carboxylic acids is 1. The molecule has 2 aromatic carbocycles. The Bertz CT molecular complexity index is 1050. The minimum Gasteiger partial charge on any atom is -0.388 e. The van der Waals surface area contributed by atoms with Crippen molar-refractivity contribution >= 4 is 23.5 Å². The average molecular weight is 441 g/mol. The van der Waals surface area contributed by atoms with Crippen LogP contribution in [0, 0.1) is 11.6 Å². The van der Waals surface area contributed by atoms with Crippen LogP contribution in [-0.2, 0) is 6.54 Å². The van der Waals surface area contributed by atoms with E-state index in [-0.39, 0.29) is 30.2 Å². The van der Waals surface area contributed by atoms with Gasteiger partial charge in [0, 0.05) is 18.8 Å². The van der Waals surface area contributed by atoms with Gasteiger partial charge in [-0.2, -0.15) is 4.98 Å². The summed E-state index contributed by atoms with van der Waals surface area (Å²) in [6, 6.07) is 11.8. The number of aliphatic hydroxyl groups is 1. The number of aromatic nitrogens is 2. The Morgan fingerprint density at radius 3 is 2.25 bits per heavy atom. The molecule has 0 aliphatic heterocycles. The number of hydrogen-bond donors (Lipinski definition) is 3. The van der Waals surface area contributed by atoms with Gasteiger partial charge in [0.2, 0.25) is 5.95 Å². The van der Waals surface area contributed by atoms with Crippen LogP contribution in [0.2, 0.25) is 0 Å². The van der Waals surface area contributed by atoms with Crippen molar-refractivity contribution in [3.63, 3.8) is 0 Å². The summed E-state index contributed by atoms with van der Waals surface area (Å²) >= 11 is 0. The lowest BCUT2D eigenvalue weighted by molar-refractivity contribution is 0.0646. The van der Waals surface area contributed by atoms with Crippen molar-refractivity contribution in [3.8, 4) is 0 Å². The van der Waals surface area contributed by atoms with E-state index < -0.39 is 17.4 Å². The van der Waals surface area contributed by atoms with Crippen molar-refractivity contribution in [2.75, 3.05) is 10.2 Å². The molecular formula is C23H25F2N5O2. The molecule has 0 aliphatic rings. The molecule has 0 saturated carbocycles. The first-order chi connectivity index (χ1) is 15.1. The molecule has 7 nitrogen and oxygen atoms in total. The number of benzene rings is 2. The Balaban J connectivity index is 1.87. The second-order valence-electron chi connectivity index (χ2n) is 7.86. The molecule has 1 aromatic heterocycles. The maximum absolute atomic E-state index is 13.5. The van der Waals surface area contributed by atoms with Crippen LogP contribution < -0.4 is 15.5 Å². The largest absolute Gasteiger partial charge is 0.388 e. The summed E-state index contributed by atoms with van der Waals surface area (Å²) in [5, 5.41) is 15.9. The predicted molar refractivity (Wildman–Crippen MR) is 119 cm³/mol. The number of urea groups is 1. The highest BCUT2D eigenvalue weighted by molar-refractivity contribution is 5.98. The number of amides is 2. The quantitative estimate of drug-likeness (QED) is 0.506. The molecule has 0 spiro atoms. The Labute approximate surface area is 185 Å². The van der Waals surface area contributed by atoms with Crippen molar-refractivity contribution < 1.29 is 18.7 Å². The van der Waals surface area contributed by atoms with E-state index in [4.69, 9.17) is 0 Å². The molecule has 168 valence electrons. The average Bonchev–Trinajstić information content (AvgIpc) is 2.74. The zero-order valence-corrected chi connectivity index (χ0v) is 18.0. The van der Waals surface area contributed by atoms with Gasteiger partial charge >= 0.3 is 6.03 Å². The number of rotatable bonds is 7. The molecule has 1 atom stereocenters. The number of halogens is 2. The Hall–Kier alpha value is -3.59. The number of anilines is 3. The highest BCUT2D eigenvalue weighted by Gasteiger charge is 2.24. The minimum atomic E-state index is -1.03. The predicted octanol–water partition coefficient (Wildman–Crippen LogP) is 4.37. The summed E-state index contributed by atoms with van der Waals surface area (Å²) in [5.41, 5.74) is 0.0776. The smallest absolute Gasteiger partial charge is 0.327 e. The number of carbonyl (C=O) groups is 1. The fourth-order valence-corrected chi connectivity index (χ4v) is 2.72. The lowest BCUT2D eigenvalue weighted by Gasteiger charge is -2.27. The molecule has 1 unspecified atom stereocenters. The number of hydrogen-bond acceptors (Lipinski definition) is 5. The summed E-state index contributed by atoms with van der Waals surface area (Å²) < 4.78 is 26.6. The second kappa shape index (κ2) is 9.69. The second-order valence-corrected chi connectivity index (χ2v) is 7.86. The SMILES string of the molecule is CC(Nc1nccc(N(C(=O)NCc2ccc(F)cc2)c2ccc(F)cc2)n1)C(C)(C)O. The third-order valence-electron chi connectivity index (χ3n) is 4.92. The molecule has 0 fully saturated rings. The maximum Gasteiger partial charge on any atom is 0.327 e. The van der Waals surface area contributed by atoms with Gasteiger partial charge in [-0.05, 0) is 62.7 Å². The van der Waals surface area contributed by atoms with Crippen molar-refractivity contribution in [1.82, 2.24) is 15.3 Å². The van der Waals surface area contributed by atoms with Crippen LogP contribution in [0.1, 0.15) is 26.3 Å². The Morgan fingerprint density at radius 1 is 1.06 bits per heavy atom. The summed E-state index contributed by atoms with van der Waals surface area (Å²) in [7, 11) is 0. The topological polar surface area (TPSA) is 90.4 Å². The highest BCUT2D eigenvalue weighted by atomic mass is 19.1. The first-order valence-corrected chi connectivity index (χ1v) is 10.0. The van der Waals surface area contributed by atoms with Crippen LogP contribution in [-0.4, -0.2) is 32.7 Å². The van der Waals surface area contributed by atoms with Gasteiger partial charge in [0.25, 0.3) is 0 Å². The van der Waals surface area contributed by atoms with E-state index in [0.29, 0.717) is 11.3 Å². The normalized spacial score (nSPS) is 12.2. The van der Waals surface area contributed by atoms with Crippen molar-refractivity contribution in [3.05, 3.63) is 78.0 Å². The van der Waals surface area contributed by atoms with Crippen molar-refractivity contribution in [2.45, 2.75) is 39.0 Å². The number of nitrogens with one attached hydrogen (secondary N) is 2. The van der Waals surface area contributed by atoms with Crippen LogP contribution in [0.5, 0.6) is 0 Å². The van der Waals surface area contributed by atoms with E-state index >= 15 is 0 Å². The monoisotopic (exact) mass is 441 g/mol. The van der Waals surface area contributed by atoms with E-state index in [2.05, 4.69) is 20.6 Å². The van der Waals surface area contributed by atoms with Crippen molar-refractivity contribution in [2.24, 2.45) is 0 Å². The molecule has 0 aliphatic carbocycles. The molecular weight excluding hydrogens is 416 g/mol. The molecule has 1 heterocycles. The molecule has 3 aromatic rings. The van der Waals surface area contributed by atoms with Gasteiger partial charge in [-0.1, -0.05) is 12.1 Å². The summed E-state index contributed by atoms with van der Waals surface area (Å²) in [6.07, 6.45) is 1.48. The van der Waals surface area contributed by atoms with Crippen LogP contribution in [0.15, 0.2) is 60.8 Å². The van der Waals surface area contributed by atoms with E-state index in [9.17, 15) is 18.7 Å². The molecule has 32 heavy (non-hydrogen) atoms. The summed E-state index contributed by atoms with van der Waals surface area (Å²) in [6.45, 7) is 5.25. The van der Waals surface area contributed by atoms with Crippen LogP contribution >= 0.6 is 0 Å². The molecule has 0 saturated heterocycles. The molecule has 9 heteroatoms. The van der Waals surface area contributed by atoms with E-state index in [1.807, 2.05) is 0 Å². The molecule has 0 bridgehead atoms. The van der Waals surface area contributed by atoms with E-state index in [1.54, 1.807) is 39.0 Å². The molecule has 3 N–H and O–H groups in total. The molecule has 2 amide bonds. The highest BCUT2D eigenvalue weighted by Crippen LogP contribution is 2.25. The lowest BCUT2D eigenvalue weighted by Crippen LogP contribution is -2.40. The first-order valence-electron chi connectivity index (χ1n) is 10.0. The van der Waals surface area contributed by atoms with E-state index in [1.165, 1.54) is 47.5 Å². The first kappa shape index (κ1) is 23.1. The minimum absolute atomic E-state index is 0.155. The number of nitrogens with zero attached hydrogens (tertiary/aromatic N) is 3. The maximum atomic E-state index is 13.5. The third-order valence-corrected chi connectivity index (χ3v) is 4.92.